The molecular weight excluding hydrogens is 430 g/mol. The first-order chi connectivity index (χ1) is 15.0. The van der Waals surface area contributed by atoms with E-state index in [0.29, 0.717) is 5.16 Å². The molecule has 1 amide bonds. The maximum absolute atomic E-state index is 12.9. The van der Waals surface area contributed by atoms with Crippen LogP contribution in [0.15, 0.2) is 53.7 Å². The Labute approximate surface area is 189 Å². The van der Waals surface area contributed by atoms with E-state index in [4.69, 9.17) is 4.74 Å². The van der Waals surface area contributed by atoms with Gasteiger partial charge in [0.1, 0.15) is 16.6 Å². The van der Waals surface area contributed by atoms with Gasteiger partial charge in [0, 0.05) is 12.7 Å². The second kappa shape index (κ2) is 9.07. The van der Waals surface area contributed by atoms with Gasteiger partial charge in [-0.1, -0.05) is 23.9 Å². The molecule has 1 atom stereocenters. The normalized spacial score (nSPS) is 12.1. The van der Waals surface area contributed by atoms with Gasteiger partial charge in [-0.2, -0.15) is 0 Å². The van der Waals surface area contributed by atoms with Crippen LogP contribution >= 0.6 is 23.1 Å². The number of hydrogen-bond donors (Lipinski definition) is 0. The number of benzene rings is 2. The quantitative estimate of drug-likeness (QED) is 0.384. The predicted octanol–water partition coefficient (Wildman–Crippen LogP) is 4.51. The van der Waals surface area contributed by atoms with Crippen molar-refractivity contribution >= 4 is 39.2 Å². The number of ether oxygens (including phenoxy) is 1. The van der Waals surface area contributed by atoms with E-state index in [-0.39, 0.29) is 17.7 Å². The molecule has 1 unspecified atom stereocenters. The SMILES string of the molecule is COc1ccc(-n2c(C)nnc2SCC(=O)N(C)C(C)c2nc3ccccc3s2)cc1. The summed E-state index contributed by atoms with van der Waals surface area (Å²) in [6.07, 6.45) is 0. The zero-order valence-corrected chi connectivity index (χ0v) is 19.4. The van der Waals surface area contributed by atoms with Crippen molar-refractivity contribution in [1.29, 1.82) is 0 Å². The summed E-state index contributed by atoms with van der Waals surface area (Å²) in [7, 11) is 3.46. The number of hydrogen-bond acceptors (Lipinski definition) is 7. The summed E-state index contributed by atoms with van der Waals surface area (Å²) >= 11 is 3.00. The number of carbonyl (C=O) groups excluding carboxylic acids is 1. The van der Waals surface area contributed by atoms with Gasteiger partial charge in [0.25, 0.3) is 0 Å². The average molecular weight is 454 g/mol. The third-order valence-electron chi connectivity index (χ3n) is 5.09. The van der Waals surface area contributed by atoms with E-state index in [1.54, 1.807) is 23.3 Å². The second-order valence-corrected chi connectivity index (χ2v) is 9.06. The van der Waals surface area contributed by atoms with Gasteiger partial charge in [-0.15, -0.1) is 21.5 Å². The van der Waals surface area contributed by atoms with Crippen LogP contribution in [0.1, 0.15) is 23.8 Å². The highest BCUT2D eigenvalue weighted by Gasteiger charge is 2.22. The second-order valence-electron chi connectivity index (χ2n) is 7.05. The highest BCUT2D eigenvalue weighted by Crippen LogP contribution is 2.30. The molecule has 0 aliphatic carbocycles. The number of aromatic nitrogens is 4. The number of carbonyl (C=O) groups is 1. The standard InChI is InChI=1S/C22H23N5O2S2/c1-14(21-23-18-7-5-6-8-19(18)31-21)26(3)20(28)13-30-22-25-24-15(2)27(22)16-9-11-17(29-4)12-10-16/h5-12,14H,13H2,1-4H3. The Balaban J connectivity index is 1.45. The van der Waals surface area contributed by atoms with Gasteiger partial charge in [0.05, 0.1) is 29.1 Å². The lowest BCUT2D eigenvalue weighted by atomic mass is 10.3. The molecule has 160 valence electrons. The Kier molecular flexibility index (Phi) is 6.24. The van der Waals surface area contributed by atoms with Gasteiger partial charge in [-0.3, -0.25) is 9.36 Å². The topological polar surface area (TPSA) is 73.1 Å². The molecule has 0 radical (unpaired) electrons. The first-order valence-electron chi connectivity index (χ1n) is 9.78. The number of aryl methyl sites for hydroxylation is 1. The number of para-hydroxylation sites is 1. The minimum atomic E-state index is -0.105. The summed E-state index contributed by atoms with van der Waals surface area (Å²) in [6.45, 7) is 3.90. The third kappa shape index (κ3) is 4.42. The molecule has 0 N–H and O–H groups in total. The maximum Gasteiger partial charge on any atom is 0.233 e. The fraction of sp³-hybridized carbons (Fsp3) is 0.273. The summed E-state index contributed by atoms with van der Waals surface area (Å²) in [4.78, 5) is 19.3. The number of nitrogens with zero attached hydrogens (tertiary/aromatic N) is 5. The van der Waals surface area contributed by atoms with Crippen LogP contribution < -0.4 is 4.74 Å². The van der Waals surface area contributed by atoms with Gasteiger partial charge in [0.15, 0.2) is 5.16 Å². The van der Waals surface area contributed by atoms with Gasteiger partial charge in [-0.25, -0.2) is 4.98 Å². The Bertz CT molecular complexity index is 1170. The summed E-state index contributed by atoms with van der Waals surface area (Å²) in [5, 5.41) is 10.1. The molecule has 4 aromatic rings. The van der Waals surface area contributed by atoms with Gasteiger partial charge in [0.2, 0.25) is 5.91 Å². The zero-order valence-electron chi connectivity index (χ0n) is 17.8. The number of methoxy groups -OCH3 is 1. The zero-order chi connectivity index (χ0) is 22.0. The first kappa shape index (κ1) is 21.3. The van der Waals surface area contributed by atoms with Crippen molar-refractivity contribution in [1.82, 2.24) is 24.6 Å². The first-order valence-corrected chi connectivity index (χ1v) is 11.6. The van der Waals surface area contributed by atoms with Gasteiger partial charge >= 0.3 is 0 Å². The number of thiazole rings is 1. The number of fused-ring (bicyclic) bond motifs is 1. The van der Waals surface area contributed by atoms with E-state index in [9.17, 15) is 4.79 Å². The molecule has 0 fully saturated rings. The lowest BCUT2D eigenvalue weighted by molar-refractivity contribution is -0.128. The lowest BCUT2D eigenvalue weighted by Gasteiger charge is -2.23. The van der Waals surface area contributed by atoms with Crippen molar-refractivity contribution in [3.05, 3.63) is 59.4 Å². The smallest absolute Gasteiger partial charge is 0.233 e. The van der Waals surface area contributed by atoms with Crippen LogP contribution in [0.2, 0.25) is 0 Å². The number of thioether (sulfide) groups is 1. The highest BCUT2D eigenvalue weighted by atomic mass is 32.2. The fourth-order valence-corrected chi connectivity index (χ4v) is 5.13. The molecule has 0 aliphatic rings. The van der Waals surface area contributed by atoms with E-state index in [0.717, 1.165) is 32.5 Å². The molecule has 2 aromatic heterocycles. The monoisotopic (exact) mass is 453 g/mol. The number of rotatable bonds is 7. The fourth-order valence-electron chi connectivity index (χ4n) is 3.14. The lowest BCUT2D eigenvalue weighted by Crippen LogP contribution is -2.31. The van der Waals surface area contributed by atoms with Crippen molar-refractivity contribution in [2.24, 2.45) is 0 Å². The molecule has 7 nitrogen and oxygen atoms in total. The van der Waals surface area contributed by atoms with E-state index in [1.165, 1.54) is 11.8 Å². The minimum absolute atomic E-state index is 0.0127. The largest absolute Gasteiger partial charge is 0.497 e. The Morgan fingerprint density at radius 2 is 1.94 bits per heavy atom. The number of amides is 1. The molecule has 0 saturated heterocycles. The van der Waals surface area contributed by atoms with Crippen molar-refractivity contribution < 1.29 is 9.53 Å². The van der Waals surface area contributed by atoms with Gasteiger partial charge in [-0.05, 0) is 50.2 Å². The molecule has 0 aliphatic heterocycles. The summed E-state index contributed by atoms with van der Waals surface area (Å²) < 4.78 is 8.30. The van der Waals surface area contributed by atoms with E-state index >= 15 is 0 Å². The van der Waals surface area contributed by atoms with Gasteiger partial charge < -0.3 is 9.64 Å². The highest BCUT2D eigenvalue weighted by molar-refractivity contribution is 7.99. The predicted molar refractivity (Wildman–Crippen MR) is 124 cm³/mol. The molecule has 31 heavy (non-hydrogen) atoms. The molecule has 2 aromatic carbocycles. The van der Waals surface area contributed by atoms with E-state index in [2.05, 4.69) is 21.2 Å². The van der Waals surface area contributed by atoms with Crippen molar-refractivity contribution in [2.75, 3.05) is 19.9 Å². The summed E-state index contributed by atoms with van der Waals surface area (Å²) in [6, 6.07) is 15.6. The Morgan fingerprint density at radius 1 is 1.19 bits per heavy atom. The van der Waals surface area contributed by atoms with Crippen LogP contribution in [0.5, 0.6) is 5.75 Å². The van der Waals surface area contributed by atoms with Crippen molar-refractivity contribution in [3.63, 3.8) is 0 Å². The van der Waals surface area contributed by atoms with Crippen LogP contribution in [-0.2, 0) is 4.79 Å². The molecular formula is C22H23N5O2S2. The third-order valence-corrected chi connectivity index (χ3v) is 7.21. The van der Waals surface area contributed by atoms with Crippen LogP contribution in [0, 0.1) is 6.92 Å². The van der Waals surface area contributed by atoms with Crippen LogP contribution in [0.25, 0.3) is 15.9 Å². The Morgan fingerprint density at radius 3 is 2.65 bits per heavy atom. The van der Waals surface area contributed by atoms with Crippen molar-refractivity contribution in [2.45, 2.75) is 25.0 Å². The molecule has 9 heteroatoms. The molecule has 4 rings (SSSR count). The van der Waals surface area contributed by atoms with E-state index in [1.807, 2.05) is 67.9 Å². The molecule has 0 spiro atoms. The molecule has 0 saturated carbocycles. The van der Waals surface area contributed by atoms with Crippen molar-refractivity contribution in [3.8, 4) is 11.4 Å². The molecule has 0 bridgehead atoms. The van der Waals surface area contributed by atoms with Crippen LogP contribution in [0.4, 0.5) is 0 Å². The Hall–Kier alpha value is -2.91. The summed E-state index contributed by atoms with van der Waals surface area (Å²) in [5.74, 6) is 1.82. The van der Waals surface area contributed by atoms with Crippen LogP contribution in [-0.4, -0.2) is 50.5 Å². The maximum atomic E-state index is 12.9. The minimum Gasteiger partial charge on any atom is -0.497 e. The van der Waals surface area contributed by atoms with Crippen LogP contribution in [0.3, 0.4) is 0 Å². The summed E-state index contributed by atoms with van der Waals surface area (Å²) in [5.41, 5.74) is 1.89. The molecule has 2 heterocycles. The van der Waals surface area contributed by atoms with E-state index < -0.39 is 0 Å². The average Bonchev–Trinajstić information content (AvgIpc) is 3.39.